The third-order valence-electron chi connectivity index (χ3n) is 4.43. The normalized spacial score (nSPS) is 19.7. The van der Waals surface area contributed by atoms with Crippen LogP contribution >= 0.6 is 0 Å². The molecule has 126 valence electrons. The lowest BCUT2D eigenvalue weighted by Crippen LogP contribution is -2.33. The Hall–Kier alpha value is -2.04. The van der Waals surface area contributed by atoms with Crippen molar-refractivity contribution in [2.24, 2.45) is 5.92 Å². The SMILES string of the molecule is CCOC(=O)CC1C(=O)Oc2cc(N(CC)CC)ccc2C1C. The van der Waals surface area contributed by atoms with Gasteiger partial charge >= 0.3 is 11.9 Å². The highest BCUT2D eigenvalue weighted by Crippen LogP contribution is 2.40. The molecule has 0 aromatic heterocycles. The van der Waals surface area contributed by atoms with Gasteiger partial charge in [0.1, 0.15) is 5.75 Å². The summed E-state index contributed by atoms with van der Waals surface area (Å²) < 4.78 is 10.5. The van der Waals surface area contributed by atoms with Crippen molar-refractivity contribution in [3.63, 3.8) is 0 Å². The van der Waals surface area contributed by atoms with Gasteiger partial charge in [-0.3, -0.25) is 9.59 Å². The number of hydrogen-bond acceptors (Lipinski definition) is 5. The predicted octanol–water partition coefficient (Wildman–Crippen LogP) is 3.12. The Kier molecular flexibility index (Phi) is 5.64. The first kappa shape index (κ1) is 17.3. The first-order chi connectivity index (χ1) is 11.0. The Bertz CT molecular complexity index is 580. The van der Waals surface area contributed by atoms with E-state index in [1.165, 1.54) is 0 Å². The molecule has 1 heterocycles. The summed E-state index contributed by atoms with van der Waals surface area (Å²) in [5.41, 5.74) is 2.01. The molecule has 0 aliphatic carbocycles. The fourth-order valence-electron chi connectivity index (χ4n) is 3.04. The molecule has 1 aromatic carbocycles. The van der Waals surface area contributed by atoms with E-state index in [-0.39, 0.29) is 24.3 Å². The van der Waals surface area contributed by atoms with Crippen molar-refractivity contribution in [2.45, 2.75) is 40.0 Å². The van der Waals surface area contributed by atoms with E-state index in [1.807, 2.05) is 25.1 Å². The molecule has 0 bridgehead atoms. The molecule has 0 fully saturated rings. The minimum atomic E-state index is -0.485. The second kappa shape index (κ2) is 7.49. The molecule has 0 saturated carbocycles. The molecular weight excluding hydrogens is 294 g/mol. The molecule has 2 rings (SSSR count). The maximum Gasteiger partial charge on any atom is 0.315 e. The van der Waals surface area contributed by atoms with Crippen LogP contribution in [0.4, 0.5) is 5.69 Å². The Balaban J connectivity index is 2.24. The Morgan fingerprint density at radius 1 is 1.26 bits per heavy atom. The largest absolute Gasteiger partial charge is 0.466 e. The minimum Gasteiger partial charge on any atom is -0.466 e. The van der Waals surface area contributed by atoms with Gasteiger partial charge in [-0.2, -0.15) is 0 Å². The molecule has 1 aliphatic heterocycles. The highest BCUT2D eigenvalue weighted by Gasteiger charge is 2.37. The van der Waals surface area contributed by atoms with E-state index in [9.17, 15) is 9.59 Å². The van der Waals surface area contributed by atoms with Gasteiger partial charge < -0.3 is 14.4 Å². The number of rotatable bonds is 6. The number of anilines is 1. The fourth-order valence-corrected chi connectivity index (χ4v) is 3.04. The van der Waals surface area contributed by atoms with Gasteiger partial charge in [0, 0.05) is 24.8 Å². The van der Waals surface area contributed by atoms with Crippen LogP contribution < -0.4 is 9.64 Å². The summed E-state index contributed by atoms with van der Waals surface area (Å²) in [5, 5.41) is 0. The molecule has 2 unspecified atom stereocenters. The van der Waals surface area contributed by atoms with Gasteiger partial charge in [-0.05, 0) is 38.3 Å². The summed E-state index contributed by atoms with van der Waals surface area (Å²) >= 11 is 0. The number of esters is 2. The zero-order chi connectivity index (χ0) is 17.0. The Labute approximate surface area is 137 Å². The van der Waals surface area contributed by atoms with Crippen LogP contribution in [0.1, 0.15) is 45.6 Å². The van der Waals surface area contributed by atoms with Crippen LogP contribution in [-0.4, -0.2) is 31.6 Å². The molecule has 0 spiro atoms. The monoisotopic (exact) mass is 319 g/mol. The van der Waals surface area contributed by atoms with E-state index in [1.54, 1.807) is 6.92 Å². The molecule has 2 atom stereocenters. The smallest absolute Gasteiger partial charge is 0.315 e. The maximum absolute atomic E-state index is 12.3. The van der Waals surface area contributed by atoms with E-state index < -0.39 is 5.92 Å². The lowest BCUT2D eigenvalue weighted by Gasteiger charge is -2.30. The molecule has 0 radical (unpaired) electrons. The summed E-state index contributed by atoms with van der Waals surface area (Å²) in [6.07, 6.45) is 0.0606. The summed E-state index contributed by atoms with van der Waals surface area (Å²) in [6.45, 7) is 10.00. The van der Waals surface area contributed by atoms with Crippen molar-refractivity contribution in [3.8, 4) is 5.75 Å². The third-order valence-corrected chi connectivity index (χ3v) is 4.43. The Morgan fingerprint density at radius 3 is 2.57 bits per heavy atom. The van der Waals surface area contributed by atoms with E-state index in [0.29, 0.717) is 12.4 Å². The van der Waals surface area contributed by atoms with Gasteiger partial charge in [0.25, 0.3) is 0 Å². The first-order valence-electron chi connectivity index (χ1n) is 8.27. The van der Waals surface area contributed by atoms with Crippen LogP contribution in [0.25, 0.3) is 0 Å². The summed E-state index contributed by atoms with van der Waals surface area (Å²) in [7, 11) is 0. The van der Waals surface area contributed by atoms with Gasteiger partial charge in [-0.1, -0.05) is 13.0 Å². The molecule has 0 saturated heterocycles. The van der Waals surface area contributed by atoms with E-state index in [4.69, 9.17) is 9.47 Å². The van der Waals surface area contributed by atoms with Crippen molar-refractivity contribution in [1.29, 1.82) is 0 Å². The van der Waals surface area contributed by atoms with Gasteiger partial charge in [0.05, 0.1) is 18.9 Å². The van der Waals surface area contributed by atoms with Gasteiger partial charge in [-0.25, -0.2) is 0 Å². The van der Waals surface area contributed by atoms with Crippen LogP contribution in [0.5, 0.6) is 5.75 Å². The average molecular weight is 319 g/mol. The zero-order valence-electron chi connectivity index (χ0n) is 14.3. The highest BCUT2D eigenvalue weighted by molar-refractivity contribution is 5.84. The van der Waals surface area contributed by atoms with Crippen molar-refractivity contribution in [1.82, 2.24) is 0 Å². The standard InChI is InChI=1S/C18H25NO4/c1-5-19(6-2)13-8-9-14-12(4)15(11-17(20)22-7-3)18(21)23-16(14)10-13/h8-10,12,15H,5-7,11H2,1-4H3. The quantitative estimate of drug-likeness (QED) is 0.595. The van der Waals surface area contributed by atoms with Crippen molar-refractivity contribution in [3.05, 3.63) is 23.8 Å². The van der Waals surface area contributed by atoms with Crippen LogP contribution in [0.2, 0.25) is 0 Å². The number of hydrogen-bond donors (Lipinski definition) is 0. The molecule has 5 nitrogen and oxygen atoms in total. The third kappa shape index (κ3) is 3.66. The molecule has 5 heteroatoms. The molecule has 0 amide bonds. The first-order valence-corrected chi connectivity index (χ1v) is 8.27. The van der Waals surface area contributed by atoms with Crippen LogP contribution in [0.15, 0.2) is 18.2 Å². The predicted molar refractivity (Wildman–Crippen MR) is 88.8 cm³/mol. The fraction of sp³-hybridized carbons (Fsp3) is 0.556. The van der Waals surface area contributed by atoms with E-state index in [0.717, 1.165) is 24.3 Å². The number of fused-ring (bicyclic) bond motifs is 1. The summed E-state index contributed by atoms with van der Waals surface area (Å²) in [5.74, 6) is -0.659. The van der Waals surface area contributed by atoms with Crippen LogP contribution in [0.3, 0.4) is 0 Å². The lowest BCUT2D eigenvalue weighted by molar-refractivity contribution is -0.151. The van der Waals surface area contributed by atoms with Crippen molar-refractivity contribution >= 4 is 17.6 Å². The number of carbonyl (C=O) groups is 2. The lowest BCUT2D eigenvalue weighted by atomic mass is 9.83. The van der Waals surface area contributed by atoms with Crippen molar-refractivity contribution in [2.75, 3.05) is 24.6 Å². The van der Waals surface area contributed by atoms with Crippen LogP contribution in [0, 0.1) is 5.92 Å². The Morgan fingerprint density at radius 2 is 1.96 bits per heavy atom. The second-order valence-corrected chi connectivity index (χ2v) is 5.72. The average Bonchev–Trinajstić information content (AvgIpc) is 2.52. The number of carbonyl (C=O) groups excluding carboxylic acids is 2. The zero-order valence-corrected chi connectivity index (χ0v) is 14.3. The molecule has 1 aromatic rings. The van der Waals surface area contributed by atoms with E-state index in [2.05, 4.69) is 18.7 Å². The van der Waals surface area contributed by atoms with E-state index >= 15 is 0 Å². The number of benzene rings is 1. The molecular formula is C18H25NO4. The van der Waals surface area contributed by atoms with Crippen molar-refractivity contribution < 1.29 is 19.1 Å². The topological polar surface area (TPSA) is 55.8 Å². The van der Waals surface area contributed by atoms with Gasteiger partial charge in [0.2, 0.25) is 0 Å². The second-order valence-electron chi connectivity index (χ2n) is 5.72. The number of ether oxygens (including phenoxy) is 2. The van der Waals surface area contributed by atoms with Gasteiger partial charge in [0.15, 0.2) is 0 Å². The highest BCUT2D eigenvalue weighted by atomic mass is 16.5. The molecule has 1 aliphatic rings. The summed E-state index contributed by atoms with van der Waals surface area (Å²) in [4.78, 5) is 26.2. The number of nitrogens with zero attached hydrogens (tertiary/aromatic N) is 1. The van der Waals surface area contributed by atoms with Crippen LogP contribution in [-0.2, 0) is 14.3 Å². The molecule has 23 heavy (non-hydrogen) atoms. The molecule has 0 N–H and O–H groups in total. The minimum absolute atomic E-state index is 0.0606. The maximum atomic E-state index is 12.3. The van der Waals surface area contributed by atoms with Gasteiger partial charge in [-0.15, -0.1) is 0 Å². The summed E-state index contributed by atoms with van der Waals surface area (Å²) in [6, 6.07) is 5.96.